The van der Waals surface area contributed by atoms with Crippen LogP contribution < -0.4 is 10.1 Å². The highest BCUT2D eigenvalue weighted by molar-refractivity contribution is 7.80. The monoisotopic (exact) mass is 808 g/mol. The van der Waals surface area contributed by atoms with Crippen LogP contribution in [0.15, 0.2) is 54.9 Å². The predicted octanol–water partition coefficient (Wildman–Crippen LogP) is 8.90. The first kappa shape index (κ1) is 40.1. The van der Waals surface area contributed by atoms with Crippen LogP contribution in [0, 0.1) is 0 Å². The maximum atomic E-state index is 13.0. The standard InChI is InChI=1S/C25H29ClN6O3.C14H17ClN2O2S/c1-25(2,3)35-24(33)31-14-17-13-18(26)7-10-20(17)32-21(15-31)29-30-22(32)16-5-8-19(9-6-16)34-23-27-11-4-12-28-23;1-14(2,3)19-13(18)17-7-9-6-10(15)4-5-11(9)16-12(20)8-17/h4,7,10-13,16,19H,5-6,8-9,14-15H2,1-3H3;4-6H,7-8H2,1-3H3,(H,16,20)/t16-,19-;. The van der Waals surface area contributed by atoms with Crippen LogP contribution in [0.25, 0.3) is 5.69 Å². The Bertz CT molecular complexity index is 2030. The molecule has 2 amide bonds. The summed E-state index contributed by atoms with van der Waals surface area (Å²) in [5.74, 6) is 1.84. The molecule has 0 atom stereocenters. The molecule has 55 heavy (non-hydrogen) atoms. The molecule has 1 aliphatic carbocycles. The van der Waals surface area contributed by atoms with E-state index in [1.54, 1.807) is 34.3 Å². The molecule has 13 nitrogen and oxygen atoms in total. The molecule has 4 heterocycles. The Morgan fingerprint density at radius 2 is 1.36 bits per heavy atom. The number of halogens is 2. The van der Waals surface area contributed by atoms with Crippen molar-refractivity contribution in [3.8, 4) is 11.7 Å². The Morgan fingerprint density at radius 1 is 0.782 bits per heavy atom. The quantitative estimate of drug-likeness (QED) is 0.199. The Labute approximate surface area is 336 Å². The summed E-state index contributed by atoms with van der Waals surface area (Å²) in [6.07, 6.45) is 6.26. The highest BCUT2D eigenvalue weighted by Gasteiger charge is 2.34. The summed E-state index contributed by atoms with van der Waals surface area (Å²) in [5.41, 5.74) is 2.56. The number of benzene rings is 2. The molecule has 7 rings (SSSR count). The van der Waals surface area contributed by atoms with Crippen LogP contribution in [0.5, 0.6) is 6.01 Å². The number of carbonyl (C=O) groups excluding carboxylic acids is 2. The summed E-state index contributed by atoms with van der Waals surface area (Å²) in [7, 11) is 0. The van der Waals surface area contributed by atoms with E-state index in [4.69, 9.17) is 49.6 Å². The first-order valence-electron chi connectivity index (χ1n) is 18.2. The van der Waals surface area contributed by atoms with Crippen LogP contribution >= 0.6 is 35.4 Å². The van der Waals surface area contributed by atoms with E-state index in [9.17, 15) is 9.59 Å². The number of thiocarbonyl (C=S) groups is 1. The van der Waals surface area contributed by atoms with E-state index in [2.05, 4.69) is 30.0 Å². The molecule has 2 aliphatic heterocycles. The molecule has 0 unspecified atom stereocenters. The number of hydrogen-bond acceptors (Lipinski definition) is 10. The number of carbonyl (C=O) groups is 2. The van der Waals surface area contributed by atoms with Gasteiger partial charge in [-0.2, -0.15) is 0 Å². The summed E-state index contributed by atoms with van der Waals surface area (Å²) < 4.78 is 19.1. The number of amides is 2. The van der Waals surface area contributed by atoms with Crippen LogP contribution in [-0.2, 0) is 29.1 Å². The SMILES string of the molecule is CC(C)(C)OC(=O)N1CC(=S)Nc2ccc(Cl)cc2C1.CC(C)(C)OC(=O)N1Cc2cc(Cl)ccc2-n2c(nnc2[C@H]2CC[C@H](Oc3ncccn3)CC2)C1. The van der Waals surface area contributed by atoms with Gasteiger partial charge in [-0.15, -0.1) is 10.2 Å². The van der Waals surface area contributed by atoms with Crippen molar-refractivity contribution in [3.05, 3.63) is 87.7 Å². The number of rotatable bonds is 3. The molecule has 0 bridgehead atoms. The molecule has 3 aliphatic rings. The van der Waals surface area contributed by atoms with E-state index < -0.39 is 11.2 Å². The van der Waals surface area contributed by atoms with Crippen molar-refractivity contribution in [2.45, 2.75) is 110 Å². The Balaban J connectivity index is 0.000000219. The van der Waals surface area contributed by atoms with Crippen LogP contribution in [-0.4, -0.2) is 75.6 Å². The summed E-state index contributed by atoms with van der Waals surface area (Å²) in [6, 6.07) is 13.4. The average molecular weight is 810 g/mol. The van der Waals surface area contributed by atoms with Crippen LogP contribution in [0.3, 0.4) is 0 Å². The number of ether oxygens (including phenoxy) is 3. The fourth-order valence-corrected chi connectivity index (χ4v) is 7.23. The van der Waals surface area contributed by atoms with Crippen molar-refractivity contribution in [1.29, 1.82) is 0 Å². The summed E-state index contributed by atoms with van der Waals surface area (Å²) in [5, 5.41) is 13.5. The van der Waals surface area contributed by atoms with Gasteiger partial charge in [-0.3, -0.25) is 14.4 Å². The van der Waals surface area contributed by atoms with Crippen molar-refractivity contribution < 1.29 is 23.8 Å². The second-order valence-electron chi connectivity index (χ2n) is 15.7. The first-order chi connectivity index (χ1) is 26.0. The fraction of sp³-hybridized carbons (Fsp3) is 0.462. The molecule has 1 N–H and O–H groups in total. The molecule has 1 fully saturated rings. The minimum absolute atomic E-state index is 0.0777. The van der Waals surface area contributed by atoms with Gasteiger partial charge in [-0.25, -0.2) is 19.6 Å². The Kier molecular flexibility index (Phi) is 12.2. The van der Waals surface area contributed by atoms with E-state index in [0.29, 0.717) is 53.0 Å². The zero-order valence-electron chi connectivity index (χ0n) is 31.8. The average Bonchev–Trinajstić information content (AvgIpc) is 3.33. The summed E-state index contributed by atoms with van der Waals surface area (Å²) >= 11 is 17.6. The topological polar surface area (TPSA) is 137 Å². The summed E-state index contributed by atoms with van der Waals surface area (Å²) in [4.78, 5) is 37.3. The third-order valence-corrected chi connectivity index (χ3v) is 9.63. The maximum absolute atomic E-state index is 13.0. The lowest BCUT2D eigenvalue weighted by Gasteiger charge is -2.28. The molecule has 292 valence electrons. The maximum Gasteiger partial charge on any atom is 0.411 e. The minimum atomic E-state index is -0.592. The van der Waals surface area contributed by atoms with Gasteiger partial charge in [0, 0.05) is 34.0 Å². The third kappa shape index (κ3) is 10.6. The van der Waals surface area contributed by atoms with E-state index in [0.717, 1.165) is 54.0 Å². The number of hydrogen-bond donors (Lipinski definition) is 1. The molecule has 2 aromatic heterocycles. The van der Waals surface area contributed by atoms with Crippen molar-refractivity contribution in [1.82, 2.24) is 34.5 Å². The van der Waals surface area contributed by atoms with Crippen molar-refractivity contribution in [3.63, 3.8) is 0 Å². The fourth-order valence-electron chi connectivity index (χ4n) is 6.58. The molecular formula is C39H46Cl2N8O5S. The molecule has 16 heteroatoms. The number of nitrogens with one attached hydrogen (secondary N) is 1. The van der Waals surface area contributed by atoms with Gasteiger partial charge in [-0.1, -0.05) is 35.4 Å². The first-order valence-corrected chi connectivity index (χ1v) is 19.4. The lowest BCUT2D eigenvalue weighted by molar-refractivity contribution is 0.0212. The van der Waals surface area contributed by atoms with Gasteiger partial charge in [-0.05, 0) is 121 Å². The van der Waals surface area contributed by atoms with E-state index >= 15 is 0 Å². The van der Waals surface area contributed by atoms with Gasteiger partial charge in [0.15, 0.2) is 5.82 Å². The highest BCUT2D eigenvalue weighted by Crippen LogP contribution is 2.37. The van der Waals surface area contributed by atoms with E-state index in [1.165, 1.54) is 0 Å². The van der Waals surface area contributed by atoms with Gasteiger partial charge >= 0.3 is 18.2 Å². The lowest BCUT2D eigenvalue weighted by atomic mass is 9.86. The highest BCUT2D eigenvalue weighted by atomic mass is 35.5. The molecule has 1 saturated carbocycles. The van der Waals surface area contributed by atoms with Crippen LogP contribution in [0.4, 0.5) is 15.3 Å². The zero-order chi connectivity index (χ0) is 39.5. The van der Waals surface area contributed by atoms with Crippen LogP contribution in [0.1, 0.15) is 95.9 Å². The van der Waals surface area contributed by atoms with Gasteiger partial charge in [0.25, 0.3) is 0 Å². The van der Waals surface area contributed by atoms with E-state index in [1.807, 2.05) is 71.9 Å². The molecule has 0 spiro atoms. The minimum Gasteiger partial charge on any atom is -0.460 e. The van der Waals surface area contributed by atoms with Gasteiger partial charge in [0.2, 0.25) is 0 Å². The molecule has 0 saturated heterocycles. The van der Waals surface area contributed by atoms with E-state index in [-0.39, 0.29) is 24.2 Å². The lowest BCUT2D eigenvalue weighted by Crippen LogP contribution is -2.38. The third-order valence-electron chi connectivity index (χ3n) is 8.92. The Hall–Kier alpha value is -4.53. The number of fused-ring (bicyclic) bond motifs is 4. The second-order valence-corrected chi connectivity index (χ2v) is 17.1. The molecular weight excluding hydrogens is 763 g/mol. The molecule has 4 aromatic rings. The number of nitrogens with zero attached hydrogens (tertiary/aromatic N) is 7. The van der Waals surface area contributed by atoms with Crippen LogP contribution in [0.2, 0.25) is 10.0 Å². The number of anilines is 1. The second kappa shape index (κ2) is 16.7. The van der Waals surface area contributed by atoms with Gasteiger partial charge < -0.3 is 19.5 Å². The Morgan fingerprint density at radius 3 is 2.00 bits per heavy atom. The predicted molar refractivity (Wildman–Crippen MR) is 214 cm³/mol. The molecule has 2 aromatic carbocycles. The number of aromatic nitrogens is 5. The van der Waals surface area contributed by atoms with Crippen molar-refractivity contribution in [2.75, 3.05) is 11.9 Å². The molecule has 0 radical (unpaired) electrons. The van der Waals surface area contributed by atoms with Gasteiger partial charge in [0.1, 0.15) is 23.1 Å². The smallest absolute Gasteiger partial charge is 0.411 e. The zero-order valence-corrected chi connectivity index (χ0v) is 34.2. The van der Waals surface area contributed by atoms with Crippen molar-refractivity contribution >= 4 is 58.3 Å². The largest absolute Gasteiger partial charge is 0.460 e. The van der Waals surface area contributed by atoms with Gasteiger partial charge in [0.05, 0.1) is 36.9 Å². The normalized spacial score (nSPS) is 18.2. The summed E-state index contributed by atoms with van der Waals surface area (Å²) in [6.45, 7) is 12.5. The van der Waals surface area contributed by atoms with Crippen molar-refractivity contribution in [2.24, 2.45) is 0 Å².